The van der Waals surface area contributed by atoms with E-state index in [9.17, 15) is 14.7 Å². The maximum absolute atomic E-state index is 10.4. The fourth-order valence-corrected chi connectivity index (χ4v) is 0.869. The van der Waals surface area contributed by atoms with Gasteiger partial charge in [0.2, 0.25) is 0 Å². The van der Waals surface area contributed by atoms with E-state index < -0.39 is 23.7 Å². The predicted molar refractivity (Wildman–Crippen MR) is 46.2 cm³/mol. The summed E-state index contributed by atoms with van der Waals surface area (Å²) in [6.45, 7) is 0. The van der Waals surface area contributed by atoms with Gasteiger partial charge in [-0.1, -0.05) is 0 Å². The number of carboxylic acids is 2. The van der Waals surface area contributed by atoms with E-state index in [2.05, 4.69) is 0 Å². The average molecular weight is 206 g/mol. The van der Waals surface area contributed by atoms with Crippen LogP contribution < -0.4 is 11.5 Å². The number of nitrogens with two attached hydrogens (primary N) is 2. The van der Waals surface area contributed by atoms with Crippen molar-refractivity contribution in [3.05, 3.63) is 0 Å². The van der Waals surface area contributed by atoms with Gasteiger partial charge < -0.3 is 26.8 Å². The van der Waals surface area contributed by atoms with E-state index >= 15 is 0 Å². The highest BCUT2D eigenvalue weighted by atomic mass is 16.4. The Labute approximate surface area is 80.3 Å². The van der Waals surface area contributed by atoms with Crippen LogP contribution in [0.2, 0.25) is 0 Å². The minimum Gasteiger partial charge on any atom is -0.481 e. The zero-order chi connectivity index (χ0) is 11.4. The number of aliphatic hydroxyl groups excluding tert-OH is 1. The molecule has 0 heterocycles. The molecular weight excluding hydrogens is 192 g/mol. The summed E-state index contributed by atoms with van der Waals surface area (Å²) in [5, 5.41) is 26.0. The Hall–Kier alpha value is -1.18. The molecule has 0 saturated heterocycles. The van der Waals surface area contributed by atoms with Crippen molar-refractivity contribution in [1.29, 1.82) is 0 Å². The molecule has 1 unspecified atom stereocenters. The van der Waals surface area contributed by atoms with Crippen LogP contribution in [0.15, 0.2) is 0 Å². The first kappa shape index (κ1) is 12.8. The molecule has 0 bridgehead atoms. The Morgan fingerprint density at radius 3 is 2.14 bits per heavy atom. The van der Waals surface area contributed by atoms with Crippen molar-refractivity contribution in [3.8, 4) is 0 Å². The molecule has 0 aromatic rings. The summed E-state index contributed by atoms with van der Waals surface area (Å²) in [5.41, 5.74) is 8.26. The third-order valence-corrected chi connectivity index (χ3v) is 1.66. The zero-order valence-electron chi connectivity index (χ0n) is 7.51. The first-order valence-electron chi connectivity index (χ1n) is 3.96. The number of hydrogen-bond donors (Lipinski definition) is 5. The van der Waals surface area contributed by atoms with Crippen molar-refractivity contribution in [2.45, 2.75) is 31.0 Å². The topological polar surface area (TPSA) is 147 Å². The van der Waals surface area contributed by atoms with E-state index in [1.807, 2.05) is 0 Å². The Morgan fingerprint density at radius 2 is 1.79 bits per heavy atom. The number of carboxylic acid groups (broad SMARTS) is 2. The lowest BCUT2D eigenvalue weighted by Crippen LogP contribution is -2.58. The van der Waals surface area contributed by atoms with E-state index in [0.29, 0.717) is 0 Å². The molecule has 1 atom stereocenters. The molecule has 14 heavy (non-hydrogen) atoms. The van der Waals surface area contributed by atoms with E-state index in [-0.39, 0.29) is 19.3 Å². The number of aliphatic hydroxyl groups is 1. The fourth-order valence-electron chi connectivity index (χ4n) is 0.869. The molecule has 0 radical (unpaired) electrons. The highest BCUT2D eigenvalue weighted by molar-refractivity contribution is 5.77. The lowest BCUT2D eigenvalue weighted by molar-refractivity contribution is -0.144. The van der Waals surface area contributed by atoms with Crippen molar-refractivity contribution >= 4 is 11.9 Å². The molecule has 0 aromatic carbocycles. The molecule has 0 aliphatic heterocycles. The minimum absolute atomic E-state index is 0.0707. The summed E-state index contributed by atoms with van der Waals surface area (Å²) < 4.78 is 0. The molecule has 7 nitrogen and oxygen atoms in total. The Kier molecular flexibility index (Phi) is 4.48. The highest BCUT2D eigenvalue weighted by Gasteiger charge is 2.31. The molecule has 0 spiro atoms. The summed E-state index contributed by atoms with van der Waals surface area (Å²) >= 11 is 0. The van der Waals surface area contributed by atoms with Gasteiger partial charge in [0, 0.05) is 12.8 Å². The summed E-state index contributed by atoms with van der Waals surface area (Å²) in [4.78, 5) is 20.5. The second-order valence-corrected chi connectivity index (χ2v) is 3.14. The van der Waals surface area contributed by atoms with Crippen molar-refractivity contribution in [2.75, 3.05) is 0 Å². The van der Waals surface area contributed by atoms with Gasteiger partial charge in [-0.2, -0.15) is 0 Å². The quantitative estimate of drug-likeness (QED) is 0.325. The first-order chi connectivity index (χ1) is 6.25. The van der Waals surface area contributed by atoms with Crippen LogP contribution in [0.1, 0.15) is 19.3 Å². The predicted octanol–water partition coefficient (Wildman–Crippen LogP) is -1.70. The van der Waals surface area contributed by atoms with Gasteiger partial charge in [-0.25, -0.2) is 4.79 Å². The van der Waals surface area contributed by atoms with Crippen LogP contribution in [0.25, 0.3) is 0 Å². The van der Waals surface area contributed by atoms with Gasteiger partial charge in [0.1, 0.15) is 0 Å². The van der Waals surface area contributed by atoms with Crippen LogP contribution in [0.4, 0.5) is 0 Å². The number of hydrogen-bond acceptors (Lipinski definition) is 5. The zero-order valence-corrected chi connectivity index (χ0v) is 7.51. The van der Waals surface area contributed by atoms with Gasteiger partial charge in [0.05, 0.1) is 6.10 Å². The molecule has 7 N–H and O–H groups in total. The smallest absolute Gasteiger partial charge is 0.338 e. The molecule has 0 aliphatic carbocycles. The van der Waals surface area contributed by atoms with E-state index in [0.717, 1.165) is 0 Å². The summed E-state index contributed by atoms with van der Waals surface area (Å²) in [7, 11) is 0. The van der Waals surface area contributed by atoms with Crippen LogP contribution in [-0.4, -0.2) is 39.0 Å². The first-order valence-corrected chi connectivity index (χ1v) is 3.96. The molecule has 0 amide bonds. The van der Waals surface area contributed by atoms with Gasteiger partial charge >= 0.3 is 11.9 Å². The van der Waals surface area contributed by atoms with Gasteiger partial charge in [0.15, 0.2) is 5.66 Å². The number of aliphatic carboxylic acids is 2. The molecule has 82 valence electrons. The van der Waals surface area contributed by atoms with Crippen molar-refractivity contribution in [3.63, 3.8) is 0 Å². The van der Waals surface area contributed by atoms with Gasteiger partial charge in [-0.05, 0) is 6.42 Å². The number of rotatable bonds is 6. The maximum Gasteiger partial charge on any atom is 0.338 e. The van der Waals surface area contributed by atoms with Crippen molar-refractivity contribution in [1.82, 2.24) is 0 Å². The SMILES string of the molecule is NC(N)(CC(O)CCC(=O)O)C(=O)O. The maximum atomic E-state index is 10.4. The highest BCUT2D eigenvalue weighted by Crippen LogP contribution is 2.08. The molecule has 0 fully saturated rings. The molecule has 0 aliphatic rings. The van der Waals surface area contributed by atoms with Crippen molar-refractivity contribution in [2.24, 2.45) is 11.5 Å². The van der Waals surface area contributed by atoms with Crippen molar-refractivity contribution < 1.29 is 24.9 Å². The summed E-state index contributed by atoms with van der Waals surface area (Å²) in [6.07, 6.45) is -1.83. The van der Waals surface area contributed by atoms with Gasteiger partial charge in [-0.3, -0.25) is 4.79 Å². The Bertz CT molecular complexity index is 228. The molecular formula is C7H14N2O5. The van der Waals surface area contributed by atoms with Crippen LogP contribution >= 0.6 is 0 Å². The fraction of sp³-hybridized carbons (Fsp3) is 0.714. The normalized spacial score (nSPS) is 13.6. The number of carbonyl (C=O) groups is 2. The molecule has 0 rings (SSSR count). The summed E-state index contributed by atoms with van der Waals surface area (Å²) in [5.74, 6) is -2.51. The lowest BCUT2D eigenvalue weighted by Gasteiger charge is -2.21. The Balaban J connectivity index is 3.99. The van der Waals surface area contributed by atoms with E-state index in [1.165, 1.54) is 0 Å². The van der Waals surface area contributed by atoms with Gasteiger partial charge in [0.25, 0.3) is 0 Å². The standard InChI is InChI=1S/C7H14N2O5/c8-7(9,6(13)14)3-4(10)1-2-5(11)12/h4,10H,1-3,8-9H2,(H,11,12)(H,13,14). The van der Waals surface area contributed by atoms with Crippen LogP contribution in [0, 0.1) is 0 Å². The minimum atomic E-state index is -2.02. The average Bonchev–Trinajstić information content (AvgIpc) is 1.99. The van der Waals surface area contributed by atoms with Crippen LogP contribution in [0.5, 0.6) is 0 Å². The van der Waals surface area contributed by atoms with E-state index in [4.69, 9.17) is 21.7 Å². The summed E-state index contributed by atoms with van der Waals surface area (Å²) in [6, 6.07) is 0. The van der Waals surface area contributed by atoms with Gasteiger partial charge in [-0.15, -0.1) is 0 Å². The third-order valence-electron chi connectivity index (χ3n) is 1.66. The second kappa shape index (κ2) is 4.89. The van der Waals surface area contributed by atoms with Crippen LogP contribution in [-0.2, 0) is 9.59 Å². The molecule has 0 aromatic heterocycles. The van der Waals surface area contributed by atoms with Crippen LogP contribution in [0.3, 0.4) is 0 Å². The molecule has 7 heteroatoms. The largest absolute Gasteiger partial charge is 0.481 e. The second-order valence-electron chi connectivity index (χ2n) is 3.14. The van der Waals surface area contributed by atoms with E-state index in [1.54, 1.807) is 0 Å². The molecule has 0 saturated carbocycles. The Morgan fingerprint density at radius 1 is 1.29 bits per heavy atom. The monoisotopic (exact) mass is 206 g/mol. The lowest BCUT2D eigenvalue weighted by atomic mass is 10.0. The third kappa shape index (κ3) is 4.75.